The number of hydrogen-bond donors (Lipinski definition) is 3. The Morgan fingerprint density at radius 1 is 1.20 bits per heavy atom. The number of fused-ring (bicyclic) bond motifs is 1. The zero-order chi connectivity index (χ0) is 25.8. The molecule has 0 fully saturated rings. The lowest BCUT2D eigenvalue weighted by atomic mass is 9.99. The van der Waals surface area contributed by atoms with E-state index in [0.29, 0.717) is 11.4 Å². The lowest BCUT2D eigenvalue weighted by Crippen LogP contribution is -2.50. The Kier molecular flexibility index (Phi) is 8.36. The highest BCUT2D eigenvalue weighted by atomic mass is 32.2. The quantitative estimate of drug-likeness (QED) is 0.531. The third-order valence-corrected chi connectivity index (χ3v) is 7.24. The monoisotopic (exact) mass is 504 g/mol. The lowest BCUT2D eigenvalue weighted by Gasteiger charge is -2.38. The number of nitrogens with zero attached hydrogens (tertiary/aromatic N) is 2. The summed E-state index contributed by atoms with van der Waals surface area (Å²) in [6.07, 6.45) is 0.576. The summed E-state index contributed by atoms with van der Waals surface area (Å²) in [7, 11) is -1.96. The summed E-state index contributed by atoms with van der Waals surface area (Å²) in [5.41, 5.74) is 1.20. The zero-order valence-corrected chi connectivity index (χ0v) is 21.1. The van der Waals surface area contributed by atoms with Crippen molar-refractivity contribution in [1.29, 1.82) is 0 Å². The number of amides is 3. The van der Waals surface area contributed by atoms with Gasteiger partial charge >= 0.3 is 6.03 Å². The van der Waals surface area contributed by atoms with Crippen molar-refractivity contribution in [3.63, 3.8) is 0 Å². The van der Waals surface area contributed by atoms with Crippen molar-refractivity contribution in [3.8, 4) is 5.75 Å². The minimum Gasteiger partial charge on any atom is -0.488 e. The maximum Gasteiger partial charge on any atom is 0.323 e. The highest BCUT2D eigenvalue weighted by molar-refractivity contribution is 7.88. The Labute approximate surface area is 205 Å². The fourth-order valence-electron chi connectivity index (χ4n) is 3.72. The second-order valence-corrected chi connectivity index (χ2v) is 10.9. The highest BCUT2D eigenvalue weighted by Crippen LogP contribution is 2.31. The molecule has 0 spiro atoms. The molecule has 0 unspecified atom stereocenters. The third kappa shape index (κ3) is 6.71. The minimum absolute atomic E-state index is 0.0917. The van der Waals surface area contributed by atoms with Crippen LogP contribution >= 0.6 is 0 Å². The molecule has 2 aromatic carbocycles. The van der Waals surface area contributed by atoms with E-state index in [2.05, 4.69) is 10.6 Å². The van der Waals surface area contributed by atoms with Crippen molar-refractivity contribution in [2.24, 2.45) is 5.92 Å². The molecule has 2 aromatic rings. The van der Waals surface area contributed by atoms with Crippen molar-refractivity contribution >= 4 is 33.3 Å². The van der Waals surface area contributed by atoms with Gasteiger partial charge in [0.2, 0.25) is 10.0 Å². The molecule has 1 aliphatic heterocycles. The molecule has 1 aliphatic rings. The fraction of sp³-hybridized carbons (Fsp3) is 0.417. The van der Waals surface area contributed by atoms with Crippen LogP contribution in [-0.4, -0.2) is 79.8 Å². The first-order valence-corrected chi connectivity index (χ1v) is 13.1. The number of sulfonamides is 1. The summed E-state index contributed by atoms with van der Waals surface area (Å²) >= 11 is 0. The van der Waals surface area contributed by atoms with E-state index in [1.165, 1.54) is 17.4 Å². The van der Waals surface area contributed by atoms with Crippen LogP contribution in [0.4, 0.5) is 16.2 Å². The van der Waals surface area contributed by atoms with E-state index < -0.39 is 28.2 Å². The van der Waals surface area contributed by atoms with Crippen LogP contribution in [0.2, 0.25) is 0 Å². The first kappa shape index (κ1) is 26.5. The van der Waals surface area contributed by atoms with Gasteiger partial charge in [-0.1, -0.05) is 25.1 Å². The second kappa shape index (κ2) is 11.1. The molecule has 0 radical (unpaired) electrons. The standard InChI is InChI=1S/C24H32N4O6S/c1-16-13-28(17(2)15-29)23(30)20-12-19(26-24(31)25-18-8-6-5-7-9-18)10-11-21(20)34-22(16)14-27(3)35(4,32)33/h5-12,16-17,22,29H,13-15H2,1-4H3,(H2,25,26,31)/t16-,17-,22-/m0/s1. The Bertz CT molecular complexity index is 1160. The van der Waals surface area contributed by atoms with Crippen molar-refractivity contribution < 1.29 is 27.9 Å². The number of ether oxygens (including phenoxy) is 1. The summed E-state index contributed by atoms with van der Waals surface area (Å²) < 4.78 is 31.3. The van der Waals surface area contributed by atoms with Gasteiger partial charge in [0.05, 0.1) is 31.0 Å². The van der Waals surface area contributed by atoms with E-state index >= 15 is 0 Å². The highest BCUT2D eigenvalue weighted by Gasteiger charge is 2.34. The fourth-order valence-corrected chi connectivity index (χ4v) is 4.14. The number of aliphatic hydroxyl groups excluding tert-OH is 1. The zero-order valence-electron chi connectivity index (χ0n) is 20.3. The Morgan fingerprint density at radius 3 is 2.49 bits per heavy atom. The molecular weight excluding hydrogens is 472 g/mol. The molecule has 0 bridgehead atoms. The summed E-state index contributed by atoms with van der Waals surface area (Å²) in [5, 5.41) is 15.2. The molecule has 190 valence electrons. The number of carbonyl (C=O) groups excluding carboxylic acids is 2. The summed E-state index contributed by atoms with van der Waals surface area (Å²) in [6, 6.07) is 12.7. The van der Waals surface area contributed by atoms with Gasteiger partial charge in [0, 0.05) is 30.9 Å². The topological polar surface area (TPSA) is 128 Å². The molecule has 0 aliphatic carbocycles. The Morgan fingerprint density at radius 2 is 1.86 bits per heavy atom. The van der Waals surface area contributed by atoms with E-state index in [1.807, 2.05) is 13.0 Å². The van der Waals surface area contributed by atoms with Crippen LogP contribution in [0.5, 0.6) is 5.75 Å². The Balaban J connectivity index is 1.91. The van der Waals surface area contributed by atoms with Gasteiger partial charge in [-0.2, -0.15) is 0 Å². The smallest absolute Gasteiger partial charge is 0.323 e. The van der Waals surface area contributed by atoms with Gasteiger partial charge in [-0.15, -0.1) is 0 Å². The SMILES string of the molecule is C[C@H]1CN([C@@H](C)CO)C(=O)c2cc(NC(=O)Nc3ccccc3)ccc2O[C@H]1CN(C)S(C)(=O)=O. The number of likely N-dealkylation sites (N-methyl/N-ethyl adjacent to an activating group) is 1. The van der Waals surface area contributed by atoms with Crippen LogP contribution in [0.25, 0.3) is 0 Å². The molecule has 3 N–H and O–H groups in total. The average Bonchev–Trinajstić information content (AvgIpc) is 2.81. The van der Waals surface area contributed by atoms with Gasteiger partial charge in [0.15, 0.2) is 0 Å². The number of para-hydroxylation sites is 1. The largest absolute Gasteiger partial charge is 0.488 e. The predicted molar refractivity (Wildman–Crippen MR) is 134 cm³/mol. The van der Waals surface area contributed by atoms with Crippen LogP contribution in [-0.2, 0) is 10.0 Å². The van der Waals surface area contributed by atoms with E-state index in [0.717, 1.165) is 6.26 Å². The average molecular weight is 505 g/mol. The predicted octanol–water partition coefficient (Wildman–Crippen LogP) is 2.44. The summed E-state index contributed by atoms with van der Waals surface area (Å²) in [6.45, 7) is 3.72. The third-order valence-electron chi connectivity index (χ3n) is 5.96. The minimum atomic E-state index is -3.44. The number of aliphatic hydroxyl groups is 1. The van der Waals surface area contributed by atoms with Crippen molar-refractivity contribution in [2.45, 2.75) is 26.0 Å². The number of nitrogens with one attached hydrogen (secondary N) is 2. The molecule has 10 nitrogen and oxygen atoms in total. The summed E-state index contributed by atoms with van der Waals surface area (Å²) in [4.78, 5) is 27.4. The van der Waals surface area contributed by atoms with Gasteiger partial charge < -0.3 is 25.4 Å². The molecular formula is C24H32N4O6S. The van der Waals surface area contributed by atoms with E-state index in [-0.39, 0.29) is 42.8 Å². The van der Waals surface area contributed by atoms with Crippen LogP contribution in [0, 0.1) is 5.92 Å². The van der Waals surface area contributed by atoms with Crippen LogP contribution < -0.4 is 15.4 Å². The number of rotatable bonds is 7. The molecule has 3 atom stereocenters. The van der Waals surface area contributed by atoms with E-state index in [4.69, 9.17) is 4.74 Å². The van der Waals surface area contributed by atoms with E-state index in [1.54, 1.807) is 48.2 Å². The van der Waals surface area contributed by atoms with Crippen molar-refractivity contribution in [2.75, 3.05) is 43.6 Å². The maximum absolute atomic E-state index is 13.5. The maximum atomic E-state index is 13.5. The lowest BCUT2D eigenvalue weighted by molar-refractivity contribution is 0.0387. The molecule has 0 aromatic heterocycles. The van der Waals surface area contributed by atoms with Gasteiger partial charge in [-0.3, -0.25) is 4.79 Å². The van der Waals surface area contributed by atoms with E-state index in [9.17, 15) is 23.1 Å². The van der Waals surface area contributed by atoms with Crippen molar-refractivity contribution in [1.82, 2.24) is 9.21 Å². The van der Waals surface area contributed by atoms with Gasteiger partial charge in [0.1, 0.15) is 11.9 Å². The van der Waals surface area contributed by atoms with Gasteiger partial charge in [-0.05, 0) is 37.3 Å². The molecule has 0 saturated heterocycles. The molecule has 3 rings (SSSR count). The normalized spacial score (nSPS) is 19.3. The van der Waals surface area contributed by atoms with Crippen molar-refractivity contribution in [3.05, 3.63) is 54.1 Å². The molecule has 0 saturated carbocycles. The number of urea groups is 1. The van der Waals surface area contributed by atoms with Crippen LogP contribution in [0.3, 0.4) is 0 Å². The molecule has 11 heteroatoms. The Hall–Kier alpha value is -3.15. The molecule has 35 heavy (non-hydrogen) atoms. The first-order valence-electron chi connectivity index (χ1n) is 11.3. The van der Waals surface area contributed by atoms with Gasteiger partial charge in [-0.25, -0.2) is 17.5 Å². The number of hydrogen-bond acceptors (Lipinski definition) is 6. The van der Waals surface area contributed by atoms with Gasteiger partial charge in [0.25, 0.3) is 5.91 Å². The number of anilines is 2. The molecule has 1 heterocycles. The summed E-state index contributed by atoms with van der Waals surface area (Å²) in [5.74, 6) is -0.298. The number of carbonyl (C=O) groups is 2. The second-order valence-electron chi connectivity index (χ2n) is 8.82. The molecule has 3 amide bonds. The first-order chi connectivity index (χ1) is 16.5. The number of benzene rings is 2. The van der Waals surface area contributed by atoms with Crippen LogP contribution in [0.1, 0.15) is 24.2 Å². The van der Waals surface area contributed by atoms with Crippen LogP contribution in [0.15, 0.2) is 48.5 Å².